The minimum Gasteiger partial charge on any atom is -0.396 e. The second-order valence-corrected chi connectivity index (χ2v) is 6.73. The Labute approximate surface area is 132 Å². The highest BCUT2D eigenvalue weighted by molar-refractivity contribution is 5.98. The molecule has 0 bridgehead atoms. The predicted molar refractivity (Wildman–Crippen MR) is 87.9 cm³/mol. The van der Waals surface area contributed by atoms with Crippen LogP contribution in [0.1, 0.15) is 32.3 Å². The number of aryl methyl sites for hydroxylation is 1. The summed E-state index contributed by atoms with van der Waals surface area (Å²) in [5.41, 5.74) is 2.35. The highest BCUT2D eigenvalue weighted by Gasteiger charge is 2.35. The minimum atomic E-state index is -0.120. The maximum atomic E-state index is 13.1. The molecule has 0 aliphatic carbocycles. The Kier molecular flexibility index (Phi) is 4.50. The van der Waals surface area contributed by atoms with Gasteiger partial charge in [0.05, 0.1) is 6.04 Å². The van der Waals surface area contributed by atoms with Gasteiger partial charge in [-0.25, -0.2) is 0 Å². The van der Waals surface area contributed by atoms with Crippen molar-refractivity contribution in [3.63, 3.8) is 0 Å². The smallest absolute Gasteiger partial charge is 0.244 e. The van der Waals surface area contributed by atoms with Crippen LogP contribution in [0.15, 0.2) is 24.3 Å². The molecule has 22 heavy (non-hydrogen) atoms. The second kappa shape index (κ2) is 6.39. The number of hydrogen-bond acceptors (Lipinski definition) is 3. The van der Waals surface area contributed by atoms with Gasteiger partial charge in [-0.05, 0) is 57.2 Å². The maximum Gasteiger partial charge on any atom is 0.244 e. The minimum absolute atomic E-state index is 0.120. The molecule has 0 aromatic heterocycles. The molecule has 0 radical (unpaired) electrons. The lowest BCUT2D eigenvalue weighted by molar-refractivity contribution is -0.123. The van der Waals surface area contributed by atoms with Crippen molar-refractivity contribution in [1.82, 2.24) is 4.90 Å². The molecule has 0 saturated carbocycles. The molecule has 1 amide bonds. The Morgan fingerprint density at radius 3 is 2.86 bits per heavy atom. The Hall–Kier alpha value is -1.39. The number of fused-ring (bicyclic) bond motifs is 1. The van der Waals surface area contributed by atoms with Gasteiger partial charge >= 0.3 is 0 Å². The van der Waals surface area contributed by atoms with Crippen LogP contribution in [0.3, 0.4) is 0 Å². The van der Waals surface area contributed by atoms with Crippen molar-refractivity contribution in [1.29, 1.82) is 0 Å². The SMILES string of the molecule is CC(C(=O)N1c2ccccc2CCC1C)N1CCC(CO)C1. The van der Waals surface area contributed by atoms with Gasteiger partial charge in [0.2, 0.25) is 5.91 Å². The van der Waals surface area contributed by atoms with E-state index in [1.54, 1.807) is 0 Å². The first-order valence-corrected chi connectivity index (χ1v) is 8.37. The number of carbonyl (C=O) groups is 1. The number of likely N-dealkylation sites (tertiary alicyclic amines) is 1. The fraction of sp³-hybridized carbons (Fsp3) is 0.611. The number of para-hydroxylation sites is 1. The van der Waals surface area contributed by atoms with Crippen molar-refractivity contribution >= 4 is 11.6 Å². The lowest BCUT2D eigenvalue weighted by Gasteiger charge is -2.38. The van der Waals surface area contributed by atoms with Gasteiger partial charge in [-0.2, -0.15) is 0 Å². The highest BCUT2D eigenvalue weighted by Crippen LogP contribution is 2.32. The average molecular weight is 302 g/mol. The normalized spacial score (nSPS) is 26.8. The van der Waals surface area contributed by atoms with E-state index in [0.29, 0.717) is 5.92 Å². The number of anilines is 1. The van der Waals surface area contributed by atoms with Gasteiger partial charge in [0, 0.05) is 24.9 Å². The lowest BCUT2D eigenvalue weighted by atomic mass is 9.96. The third-order valence-electron chi connectivity index (χ3n) is 5.24. The summed E-state index contributed by atoms with van der Waals surface area (Å²) in [4.78, 5) is 17.3. The summed E-state index contributed by atoms with van der Waals surface area (Å²) in [7, 11) is 0. The summed E-state index contributed by atoms with van der Waals surface area (Å²) in [5.74, 6) is 0.513. The van der Waals surface area contributed by atoms with E-state index in [1.807, 2.05) is 24.0 Å². The molecule has 1 fully saturated rings. The Bertz CT molecular complexity index is 546. The van der Waals surface area contributed by atoms with E-state index in [1.165, 1.54) is 5.56 Å². The largest absolute Gasteiger partial charge is 0.396 e. The molecule has 3 rings (SSSR count). The number of amides is 1. The number of aliphatic hydroxyl groups is 1. The molecule has 3 unspecified atom stereocenters. The summed E-state index contributed by atoms with van der Waals surface area (Å²) in [6.07, 6.45) is 3.06. The predicted octanol–water partition coefficient (Wildman–Crippen LogP) is 2.06. The molecule has 1 saturated heterocycles. The van der Waals surface area contributed by atoms with E-state index >= 15 is 0 Å². The fourth-order valence-electron chi connectivity index (χ4n) is 3.74. The number of benzene rings is 1. The molecule has 4 heteroatoms. The zero-order valence-corrected chi connectivity index (χ0v) is 13.5. The number of nitrogens with zero attached hydrogens (tertiary/aromatic N) is 2. The molecule has 2 aliphatic heterocycles. The average Bonchev–Trinajstić information content (AvgIpc) is 3.02. The van der Waals surface area contributed by atoms with Crippen molar-refractivity contribution in [2.75, 3.05) is 24.6 Å². The van der Waals surface area contributed by atoms with Crippen LogP contribution in [0.25, 0.3) is 0 Å². The standard InChI is InChI=1S/C18H26N2O2/c1-13-7-8-16-5-3-4-6-17(16)20(13)18(22)14(2)19-10-9-15(11-19)12-21/h3-6,13-15,21H,7-12H2,1-2H3. The van der Waals surface area contributed by atoms with E-state index < -0.39 is 0 Å². The monoisotopic (exact) mass is 302 g/mol. The highest BCUT2D eigenvalue weighted by atomic mass is 16.3. The molecule has 1 aromatic rings. The zero-order chi connectivity index (χ0) is 15.7. The summed E-state index contributed by atoms with van der Waals surface area (Å²) in [6, 6.07) is 8.39. The van der Waals surface area contributed by atoms with Crippen LogP contribution >= 0.6 is 0 Å². The van der Waals surface area contributed by atoms with Crippen LogP contribution in [0, 0.1) is 5.92 Å². The van der Waals surface area contributed by atoms with E-state index in [0.717, 1.165) is 38.0 Å². The van der Waals surface area contributed by atoms with Gasteiger partial charge in [-0.1, -0.05) is 18.2 Å². The van der Waals surface area contributed by atoms with E-state index in [2.05, 4.69) is 24.0 Å². The van der Waals surface area contributed by atoms with E-state index in [9.17, 15) is 9.90 Å². The van der Waals surface area contributed by atoms with Gasteiger partial charge in [-0.3, -0.25) is 9.69 Å². The first kappa shape index (κ1) is 15.5. The van der Waals surface area contributed by atoms with Crippen LogP contribution < -0.4 is 4.90 Å². The number of hydrogen-bond donors (Lipinski definition) is 1. The van der Waals surface area contributed by atoms with Crippen molar-refractivity contribution in [2.24, 2.45) is 5.92 Å². The number of rotatable bonds is 3. The molecular weight excluding hydrogens is 276 g/mol. The Balaban J connectivity index is 1.79. The van der Waals surface area contributed by atoms with Crippen LogP contribution in [-0.2, 0) is 11.2 Å². The van der Waals surface area contributed by atoms with Crippen LogP contribution in [0.5, 0.6) is 0 Å². The molecule has 3 atom stereocenters. The molecule has 1 aromatic carbocycles. The molecule has 4 nitrogen and oxygen atoms in total. The third-order valence-corrected chi connectivity index (χ3v) is 5.24. The van der Waals surface area contributed by atoms with Crippen molar-refractivity contribution in [3.8, 4) is 0 Å². The first-order chi connectivity index (χ1) is 10.6. The van der Waals surface area contributed by atoms with Crippen molar-refractivity contribution in [3.05, 3.63) is 29.8 Å². The number of carbonyl (C=O) groups excluding carboxylic acids is 1. The number of aliphatic hydroxyl groups excluding tert-OH is 1. The third kappa shape index (κ3) is 2.77. The topological polar surface area (TPSA) is 43.8 Å². The summed E-state index contributed by atoms with van der Waals surface area (Å²) in [5, 5.41) is 9.30. The molecular formula is C18H26N2O2. The first-order valence-electron chi connectivity index (χ1n) is 8.37. The quantitative estimate of drug-likeness (QED) is 0.929. The Morgan fingerprint density at radius 1 is 1.36 bits per heavy atom. The molecule has 2 heterocycles. The van der Waals surface area contributed by atoms with E-state index in [4.69, 9.17) is 0 Å². The molecule has 0 spiro atoms. The van der Waals surface area contributed by atoms with Crippen LogP contribution in [-0.4, -0.2) is 47.7 Å². The lowest BCUT2D eigenvalue weighted by Crippen LogP contribution is -2.51. The van der Waals surface area contributed by atoms with Gasteiger partial charge in [-0.15, -0.1) is 0 Å². The fourth-order valence-corrected chi connectivity index (χ4v) is 3.74. The van der Waals surface area contributed by atoms with E-state index in [-0.39, 0.29) is 24.6 Å². The van der Waals surface area contributed by atoms with Gasteiger partial charge in [0.25, 0.3) is 0 Å². The second-order valence-electron chi connectivity index (χ2n) is 6.73. The summed E-state index contributed by atoms with van der Waals surface area (Å²) >= 11 is 0. The molecule has 1 N–H and O–H groups in total. The summed E-state index contributed by atoms with van der Waals surface area (Å²) < 4.78 is 0. The van der Waals surface area contributed by atoms with Crippen molar-refractivity contribution in [2.45, 2.75) is 45.2 Å². The van der Waals surface area contributed by atoms with Gasteiger partial charge in [0.15, 0.2) is 0 Å². The zero-order valence-electron chi connectivity index (χ0n) is 13.5. The van der Waals surface area contributed by atoms with Crippen LogP contribution in [0.4, 0.5) is 5.69 Å². The Morgan fingerprint density at radius 2 is 2.14 bits per heavy atom. The molecule has 2 aliphatic rings. The molecule has 120 valence electrons. The van der Waals surface area contributed by atoms with Crippen LogP contribution in [0.2, 0.25) is 0 Å². The maximum absolute atomic E-state index is 13.1. The van der Waals surface area contributed by atoms with Crippen molar-refractivity contribution < 1.29 is 9.90 Å². The van der Waals surface area contributed by atoms with Gasteiger partial charge in [0.1, 0.15) is 0 Å². The summed E-state index contributed by atoms with van der Waals surface area (Å²) in [6.45, 7) is 6.10. The van der Waals surface area contributed by atoms with Gasteiger partial charge < -0.3 is 10.0 Å².